The molecule has 1 aromatic carbocycles. The Balaban J connectivity index is 2.15. The van der Waals surface area contributed by atoms with Gasteiger partial charge in [-0.1, -0.05) is 13.3 Å². The highest BCUT2D eigenvalue weighted by Gasteiger charge is 2.34. The second kappa shape index (κ2) is 5.02. The zero-order valence-electron chi connectivity index (χ0n) is 11.1. The molecular weight excluding hydrogens is 262 g/mol. The van der Waals surface area contributed by atoms with Crippen molar-refractivity contribution in [2.24, 2.45) is 10.6 Å². The van der Waals surface area contributed by atoms with Crippen LogP contribution in [0.4, 0.5) is 11.4 Å². The van der Waals surface area contributed by atoms with E-state index in [1.807, 2.05) is 0 Å². The largest absolute Gasteiger partial charge is 0.399 e. The van der Waals surface area contributed by atoms with E-state index in [-0.39, 0.29) is 4.90 Å². The van der Waals surface area contributed by atoms with Crippen molar-refractivity contribution in [3.8, 4) is 0 Å². The molecule has 0 amide bonds. The van der Waals surface area contributed by atoms with E-state index in [0.717, 1.165) is 13.0 Å². The van der Waals surface area contributed by atoms with Gasteiger partial charge in [0.2, 0.25) is 10.0 Å². The zero-order chi connectivity index (χ0) is 14.1. The van der Waals surface area contributed by atoms with Crippen molar-refractivity contribution in [3.05, 3.63) is 18.2 Å². The van der Waals surface area contributed by atoms with Crippen LogP contribution in [0.1, 0.15) is 32.6 Å². The highest BCUT2D eigenvalue weighted by Crippen LogP contribution is 2.43. The Morgan fingerprint density at radius 3 is 2.47 bits per heavy atom. The van der Waals surface area contributed by atoms with E-state index >= 15 is 0 Å². The molecule has 1 aliphatic carbocycles. The maximum Gasteiger partial charge on any atom is 0.238 e. The Morgan fingerprint density at radius 2 is 2.00 bits per heavy atom. The number of benzene rings is 1. The van der Waals surface area contributed by atoms with Crippen molar-refractivity contribution >= 4 is 21.4 Å². The Kier molecular flexibility index (Phi) is 3.73. The highest BCUT2D eigenvalue weighted by molar-refractivity contribution is 7.89. The smallest absolute Gasteiger partial charge is 0.238 e. The van der Waals surface area contributed by atoms with Crippen LogP contribution in [-0.2, 0) is 10.0 Å². The molecule has 0 bridgehead atoms. The van der Waals surface area contributed by atoms with Gasteiger partial charge < -0.3 is 11.1 Å². The normalized spacial score (nSPS) is 17.8. The van der Waals surface area contributed by atoms with Crippen molar-refractivity contribution in [1.82, 2.24) is 0 Å². The van der Waals surface area contributed by atoms with Gasteiger partial charge in [-0.2, -0.15) is 0 Å². The molecule has 0 aromatic heterocycles. The van der Waals surface area contributed by atoms with E-state index in [4.69, 9.17) is 10.9 Å². The molecule has 6 heteroatoms. The number of nitrogen functional groups attached to an aromatic ring is 1. The lowest BCUT2D eigenvalue weighted by Crippen LogP contribution is -2.35. The van der Waals surface area contributed by atoms with Gasteiger partial charge in [-0.05, 0) is 42.9 Å². The minimum Gasteiger partial charge on any atom is -0.399 e. The van der Waals surface area contributed by atoms with Crippen molar-refractivity contribution in [2.45, 2.75) is 37.5 Å². The Labute approximate surface area is 114 Å². The summed E-state index contributed by atoms with van der Waals surface area (Å²) in [4.78, 5) is 0.0501. The summed E-state index contributed by atoms with van der Waals surface area (Å²) >= 11 is 0. The lowest BCUT2D eigenvalue weighted by atomic mass is 9.67. The van der Waals surface area contributed by atoms with Crippen molar-refractivity contribution in [3.63, 3.8) is 0 Å². The molecule has 0 unspecified atom stereocenters. The van der Waals surface area contributed by atoms with E-state index in [2.05, 4.69) is 12.2 Å². The summed E-state index contributed by atoms with van der Waals surface area (Å²) in [6.45, 7) is 3.03. The van der Waals surface area contributed by atoms with Crippen LogP contribution in [-0.4, -0.2) is 15.0 Å². The Morgan fingerprint density at radius 1 is 1.32 bits per heavy atom. The van der Waals surface area contributed by atoms with Gasteiger partial charge in [0.05, 0.1) is 4.90 Å². The molecule has 1 fully saturated rings. The molecule has 2 rings (SSSR count). The van der Waals surface area contributed by atoms with Crippen LogP contribution in [0, 0.1) is 5.41 Å². The zero-order valence-corrected chi connectivity index (χ0v) is 12.0. The monoisotopic (exact) mass is 283 g/mol. The van der Waals surface area contributed by atoms with Crippen LogP contribution < -0.4 is 16.2 Å². The van der Waals surface area contributed by atoms with Crippen LogP contribution >= 0.6 is 0 Å². The van der Waals surface area contributed by atoms with Crippen molar-refractivity contribution in [1.29, 1.82) is 0 Å². The number of nitrogens with one attached hydrogen (secondary N) is 1. The fraction of sp³-hybridized carbons (Fsp3) is 0.538. The number of rotatable bonds is 5. The quantitative estimate of drug-likeness (QED) is 0.719. The summed E-state index contributed by atoms with van der Waals surface area (Å²) in [6, 6.07) is 4.64. The summed E-state index contributed by atoms with van der Waals surface area (Å²) in [7, 11) is -3.72. The molecule has 1 saturated carbocycles. The first-order valence-corrected chi connectivity index (χ1v) is 8.07. The topological polar surface area (TPSA) is 98.2 Å². The minimum absolute atomic E-state index is 0.0501. The van der Waals surface area contributed by atoms with E-state index in [1.165, 1.54) is 31.4 Å². The number of hydrogen-bond acceptors (Lipinski definition) is 4. The van der Waals surface area contributed by atoms with Crippen LogP contribution in [0.3, 0.4) is 0 Å². The number of primary sulfonamides is 1. The first-order valence-electron chi connectivity index (χ1n) is 6.52. The third-order valence-corrected chi connectivity index (χ3v) is 4.98. The molecule has 1 aromatic rings. The van der Waals surface area contributed by atoms with Crippen LogP contribution in [0.25, 0.3) is 0 Å². The lowest BCUT2D eigenvalue weighted by molar-refractivity contribution is 0.145. The van der Waals surface area contributed by atoms with Gasteiger partial charge in [0, 0.05) is 17.9 Å². The van der Waals surface area contributed by atoms with Crippen molar-refractivity contribution in [2.75, 3.05) is 17.6 Å². The first kappa shape index (κ1) is 14.1. The molecule has 0 atom stereocenters. The third kappa shape index (κ3) is 3.19. The van der Waals surface area contributed by atoms with E-state index in [1.54, 1.807) is 6.07 Å². The predicted molar refractivity (Wildman–Crippen MR) is 77.3 cm³/mol. The molecule has 19 heavy (non-hydrogen) atoms. The summed E-state index contributed by atoms with van der Waals surface area (Å²) in [5.41, 5.74) is 7.18. The third-order valence-electron chi connectivity index (χ3n) is 4.09. The molecule has 0 radical (unpaired) electrons. The van der Waals surface area contributed by atoms with E-state index < -0.39 is 10.0 Å². The minimum atomic E-state index is -3.72. The summed E-state index contributed by atoms with van der Waals surface area (Å²) in [5.74, 6) is 0. The number of nitrogens with two attached hydrogens (primary N) is 2. The summed E-state index contributed by atoms with van der Waals surface area (Å²) in [6.07, 6.45) is 4.85. The van der Waals surface area contributed by atoms with Crippen LogP contribution in [0.5, 0.6) is 0 Å². The lowest BCUT2D eigenvalue weighted by Gasteiger charge is -2.41. The molecule has 0 aliphatic heterocycles. The summed E-state index contributed by atoms with van der Waals surface area (Å²) < 4.78 is 22.7. The molecule has 0 saturated heterocycles. The van der Waals surface area contributed by atoms with Gasteiger partial charge in [0.15, 0.2) is 0 Å². The Bertz CT molecular complexity index is 560. The Hall–Kier alpha value is -1.27. The molecular formula is C13H21N3O2S. The van der Waals surface area contributed by atoms with Gasteiger partial charge in [0.1, 0.15) is 0 Å². The molecule has 0 spiro atoms. The van der Waals surface area contributed by atoms with E-state index in [0.29, 0.717) is 16.8 Å². The van der Waals surface area contributed by atoms with Gasteiger partial charge in [-0.15, -0.1) is 0 Å². The molecule has 106 valence electrons. The maximum absolute atomic E-state index is 11.4. The van der Waals surface area contributed by atoms with Gasteiger partial charge in [-0.3, -0.25) is 0 Å². The van der Waals surface area contributed by atoms with Crippen LogP contribution in [0.2, 0.25) is 0 Å². The van der Waals surface area contributed by atoms with Gasteiger partial charge >= 0.3 is 0 Å². The fourth-order valence-electron chi connectivity index (χ4n) is 2.51. The standard InChI is InChI=1S/C13H21N3O2S/c1-2-13(4-3-5-13)9-16-11-6-10(14)7-12(8-11)19(15,17)18/h6-8,16H,2-5,9,14H2,1H3,(H2,15,17,18). The fourth-order valence-corrected chi connectivity index (χ4v) is 3.10. The van der Waals surface area contributed by atoms with Crippen molar-refractivity contribution < 1.29 is 8.42 Å². The first-order chi connectivity index (χ1) is 8.85. The number of hydrogen-bond donors (Lipinski definition) is 3. The maximum atomic E-state index is 11.4. The second-order valence-electron chi connectivity index (χ2n) is 5.40. The molecule has 1 aliphatic rings. The number of anilines is 2. The van der Waals surface area contributed by atoms with Gasteiger partial charge in [-0.25, -0.2) is 13.6 Å². The highest BCUT2D eigenvalue weighted by atomic mass is 32.2. The van der Waals surface area contributed by atoms with Crippen LogP contribution in [0.15, 0.2) is 23.1 Å². The summed E-state index contributed by atoms with van der Waals surface area (Å²) in [5, 5.41) is 8.42. The SMILES string of the molecule is CCC1(CNc2cc(N)cc(S(N)(=O)=O)c2)CCC1. The average molecular weight is 283 g/mol. The van der Waals surface area contributed by atoms with Gasteiger partial charge in [0.25, 0.3) is 0 Å². The number of sulfonamides is 1. The molecule has 5 nitrogen and oxygen atoms in total. The second-order valence-corrected chi connectivity index (χ2v) is 6.96. The average Bonchev–Trinajstić information content (AvgIpc) is 2.26. The van der Waals surface area contributed by atoms with E-state index in [9.17, 15) is 8.42 Å². The molecule has 5 N–H and O–H groups in total. The molecule has 0 heterocycles. The predicted octanol–water partition coefficient (Wildman–Crippen LogP) is 1.91.